The molecule has 72 heavy (non-hydrogen) atoms. The van der Waals surface area contributed by atoms with E-state index in [1.54, 1.807) is 24.4 Å². The fraction of sp³-hybridized carbons (Fsp3) is 0.500. The molecule has 2 saturated heterocycles. The lowest BCUT2D eigenvalue weighted by Gasteiger charge is -2.57. The Morgan fingerprint density at radius 1 is 1.03 bits per heavy atom. The Morgan fingerprint density at radius 3 is 2.53 bits per heavy atom. The van der Waals surface area contributed by atoms with Crippen molar-refractivity contribution < 1.29 is 51.0 Å². The maximum Gasteiger partial charge on any atom is 0.388 e. The minimum Gasteiger partial charge on any atom is -0.491 e. The third kappa shape index (κ3) is 10.5. The Labute approximate surface area is 421 Å². The molecule has 2 aromatic heterocycles. The number of halogens is 2. The molecule has 0 bridgehead atoms. The number of aromatic amines is 1. The van der Waals surface area contributed by atoms with Gasteiger partial charge in [0.15, 0.2) is 5.75 Å². The monoisotopic (exact) mass is 1030 g/mol. The lowest BCUT2D eigenvalue weighted by Crippen LogP contribution is -2.58. The van der Waals surface area contributed by atoms with E-state index in [2.05, 4.69) is 62.6 Å². The maximum atomic E-state index is 14.3. The summed E-state index contributed by atoms with van der Waals surface area (Å²) in [7, 11) is -4.79. The fourth-order valence-corrected chi connectivity index (χ4v) is 13.8. The van der Waals surface area contributed by atoms with Crippen molar-refractivity contribution in [3.63, 3.8) is 0 Å². The summed E-state index contributed by atoms with van der Waals surface area (Å²) in [6, 6.07) is 19.1. The van der Waals surface area contributed by atoms with E-state index in [9.17, 15) is 37.2 Å². The molecule has 4 fully saturated rings. The number of fused-ring (bicyclic) bond motifs is 2. The van der Waals surface area contributed by atoms with Gasteiger partial charge in [-0.2, -0.15) is 13.8 Å². The number of carbonyl (C=O) groups is 1. The van der Waals surface area contributed by atoms with Crippen molar-refractivity contribution in [2.75, 3.05) is 44.4 Å². The zero-order valence-electron chi connectivity index (χ0n) is 40.5. The standard InChI is InChI=1S/C52H60F2N6O10S2/c1-31(2)38-6-4-5-7-39(38)42-30-67-21-20-59(42)35-27-52(28-35)15-18-58(19-16-52)34-8-9-40(43(24-34)69-45-23-33-12-17-55-47(33)56-49(45)70-50(53)54)48(61)57-72(65,66)37-25-41(60(63)64)46-44(26-37)68-29-36(71-46)22-32-10-13-51(3,62)14-11-32/h4-9,12,17,23-26,31-32,35-36,42,50,62H,10-11,13-16,18-22,27-30H2,1-3H3,(H,55,56)(H,57,61)/t32-,36-,42+,51-/m0/s1. The molecule has 5 heterocycles. The van der Waals surface area contributed by atoms with Gasteiger partial charge >= 0.3 is 6.61 Å². The first-order valence-electron chi connectivity index (χ1n) is 24.8. The maximum absolute atomic E-state index is 14.3. The van der Waals surface area contributed by atoms with E-state index in [0.717, 1.165) is 51.1 Å². The highest BCUT2D eigenvalue weighted by molar-refractivity contribution is 8.00. The first-order chi connectivity index (χ1) is 34.4. The molecule has 20 heteroatoms. The summed E-state index contributed by atoms with van der Waals surface area (Å²) in [4.78, 5) is 37.5. The van der Waals surface area contributed by atoms with E-state index in [1.165, 1.54) is 41.1 Å². The number of amides is 1. The van der Waals surface area contributed by atoms with Gasteiger partial charge in [-0.3, -0.25) is 19.8 Å². The van der Waals surface area contributed by atoms with Crippen LogP contribution in [0.1, 0.15) is 112 Å². The number of H-pyrrole nitrogens is 1. The Kier molecular flexibility index (Phi) is 13.9. The molecule has 3 aromatic carbocycles. The van der Waals surface area contributed by atoms with Crippen LogP contribution < -0.4 is 23.8 Å². The largest absolute Gasteiger partial charge is 0.491 e. The number of alkyl halides is 2. The lowest BCUT2D eigenvalue weighted by molar-refractivity contribution is -0.388. The highest BCUT2D eigenvalue weighted by Crippen LogP contribution is 2.54. The molecule has 1 amide bonds. The number of morpholine rings is 1. The van der Waals surface area contributed by atoms with Crippen molar-refractivity contribution >= 4 is 50.1 Å². The van der Waals surface area contributed by atoms with Gasteiger partial charge in [-0.15, -0.1) is 11.8 Å². The highest BCUT2D eigenvalue weighted by atomic mass is 32.2. The van der Waals surface area contributed by atoms with E-state index >= 15 is 0 Å². The van der Waals surface area contributed by atoms with Gasteiger partial charge < -0.3 is 33.9 Å². The minimum absolute atomic E-state index is 0.0101. The number of thioether (sulfide) groups is 1. The van der Waals surface area contributed by atoms with Crippen molar-refractivity contribution in [2.45, 2.75) is 124 Å². The number of aromatic nitrogens is 2. The average molecular weight is 1030 g/mol. The normalized spacial score (nSPS) is 23.7. The van der Waals surface area contributed by atoms with Crippen LogP contribution in [0.4, 0.5) is 20.2 Å². The first kappa shape index (κ1) is 50.0. The zero-order valence-corrected chi connectivity index (χ0v) is 42.1. The van der Waals surface area contributed by atoms with Gasteiger partial charge in [0.25, 0.3) is 27.5 Å². The van der Waals surface area contributed by atoms with E-state index in [1.807, 2.05) is 6.92 Å². The molecule has 0 radical (unpaired) electrons. The molecule has 5 aliphatic rings. The number of rotatable bonds is 14. The van der Waals surface area contributed by atoms with Gasteiger partial charge in [-0.1, -0.05) is 38.1 Å². The van der Waals surface area contributed by atoms with Crippen LogP contribution in [0.3, 0.4) is 0 Å². The molecule has 3 N–H and O–H groups in total. The SMILES string of the molecule is CC(C)c1ccccc1[C@H]1COCCN1C1CC2(CCN(c3ccc(C(=O)NS(=O)(=O)c4cc5c(c([N+](=O)[O-])c4)S[C@@H](C[C@H]4CC[C@](C)(O)CC4)CO5)c(Oc4cc5cc[nH]c5nc4OC(F)F)c3)CC2)C1. The van der Waals surface area contributed by atoms with Gasteiger partial charge in [-0.05, 0) is 117 Å². The van der Waals surface area contributed by atoms with E-state index in [4.69, 9.17) is 18.9 Å². The summed E-state index contributed by atoms with van der Waals surface area (Å²) in [5.41, 5.74) is 2.30. The number of nitro benzene ring substituents is 1. The van der Waals surface area contributed by atoms with Crippen LogP contribution in [-0.4, -0.2) is 102 Å². The second-order valence-electron chi connectivity index (χ2n) is 20.7. The number of anilines is 1. The number of pyridine rings is 1. The van der Waals surface area contributed by atoms with Crippen LogP contribution in [0.5, 0.6) is 23.1 Å². The summed E-state index contributed by atoms with van der Waals surface area (Å²) in [5, 5.41) is 23.2. The van der Waals surface area contributed by atoms with Crippen molar-refractivity contribution in [1.82, 2.24) is 19.6 Å². The summed E-state index contributed by atoms with van der Waals surface area (Å²) < 4.78 is 80.8. The number of nitrogens with zero attached hydrogens (tertiary/aromatic N) is 4. The Balaban J connectivity index is 0.880. The smallest absolute Gasteiger partial charge is 0.388 e. The molecule has 384 valence electrons. The molecular weight excluding hydrogens is 971 g/mol. The number of ether oxygens (including phenoxy) is 4. The number of sulfonamides is 1. The molecule has 16 nitrogen and oxygen atoms in total. The molecule has 2 aliphatic carbocycles. The average Bonchev–Trinajstić information content (AvgIpc) is 3.80. The predicted octanol–water partition coefficient (Wildman–Crippen LogP) is 10.1. The molecule has 1 spiro atoms. The number of nitro groups is 1. The van der Waals surface area contributed by atoms with Crippen LogP contribution in [0.25, 0.3) is 11.0 Å². The van der Waals surface area contributed by atoms with Crippen LogP contribution >= 0.6 is 11.8 Å². The second kappa shape index (κ2) is 20.1. The molecule has 10 rings (SSSR count). The van der Waals surface area contributed by atoms with Crippen molar-refractivity contribution in [1.29, 1.82) is 0 Å². The third-order valence-corrected chi connectivity index (χ3v) is 18.1. The van der Waals surface area contributed by atoms with E-state index in [-0.39, 0.29) is 56.7 Å². The number of hydrogen-bond donors (Lipinski definition) is 3. The number of hydrogen-bond acceptors (Lipinski definition) is 14. The minimum atomic E-state index is -4.79. The molecule has 0 unspecified atom stereocenters. The van der Waals surface area contributed by atoms with E-state index < -0.39 is 49.5 Å². The zero-order chi connectivity index (χ0) is 50.5. The number of aliphatic hydroxyl groups is 1. The number of benzene rings is 3. The van der Waals surface area contributed by atoms with Gasteiger partial charge in [0.05, 0.1) is 40.2 Å². The predicted molar refractivity (Wildman–Crippen MR) is 267 cm³/mol. The van der Waals surface area contributed by atoms with Gasteiger partial charge in [0.1, 0.15) is 28.6 Å². The molecule has 5 aromatic rings. The van der Waals surface area contributed by atoms with Crippen LogP contribution in [0, 0.1) is 21.4 Å². The fourth-order valence-electron chi connectivity index (χ4n) is 11.5. The molecular formula is C52H60F2N6O10S2. The van der Waals surface area contributed by atoms with Crippen LogP contribution in [0.2, 0.25) is 0 Å². The van der Waals surface area contributed by atoms with Crippen molar-refractivity contribution in [3.8, 4) is 23.1 Å². The third-order valence-electron chi connectivity index (χ3n) is 15.5. The molecule has 3 aliphatic heterocycles. The molecule has 2 saturated carbocycles. The van der Waals surface area contributed by atoms with Gasteiger partial charge in [0, 0.05) is 66.4 Å². The number of carbonyl (C=O) groups excluding carboxylic acids is 1. The Morgan fingerprint density at radius 2 is 1.79 bits per heavy atom. The molecule has 2 atom stereocenters. The number of piperidine rings is 1. The van der Waals surface area contributed by atoms with Crippen LogP contribution in [0.15, 0.2) is 82.7 Å². The Bertz CT molecular complexity index is 2950. The van der Waals surface area contributed by atoms with Crippen molar-refractivity contribution in [3.05, 3.63) is 99.7 Å². The highest BCUT2D eigenvalue weighted by Gasteiger charge is 2.50. The summed E-state index contributed by atoms with van der Waals surface area (Å²) in [6.45, 7) is 6.81. The van der Waals surface area contributed by atoms with Crippen molar-refractivity contribution in [2.24, 2.45) is 11.3 Å². The van der Waals surface area contributed by atoms with Crippen LogP contribution in [-0.2, 0) is 14.8 Å². The second-order valence-corrected chi connectivity index (χ2v) is 23.7. The summed E-state index contributed by atoms with van der Waals surface area (Å²) >= 11 is 1.27. The summed E-state index contributed by atoms with van der Waals surface area (Å²) in [6.07, 6.45) is 9.21. The topological polar surface area (TPSA) is 199 Å². The quantitative estimate of drug-likeness (QED) is 0.0701. The van der Waals surface area contributed by atoms with E-state index in [0.29, 0.717) is 74.5 Å². The Hall–Kier alpha value is -5.54. The van der Waals surface area contributed by atoms with Gasteiger partial charge in [0.2, 0.25) is 0 Å². The lowest BCUT2D eigenvalue weighted by atomic mass is 9.59. The number of nitrogens with one attached hydrogen (secondary N) is 2. The first-order valence-corrected chi connectivity index (χ1v) is 27.1. The van der Waals surface area contributed by atoms with Gasteiger partial charge in [-0.25, -0.2) is 13.1 Å². The summed E-state index contributed by atoms with van der Waals surface area (Å²) in [5.74, 6) is -1.40.